The van der Waals surface area contributed by atoms with Crippen molar-refractivity contribution in [2.24, 2.45) is 0 Å². The van der Waals surface area contributed by atoms with Crippen molar-refractivity contribution < 1.29 is 17.9 Å². The number of carbonyl (C=O) groups excluding carboxylic acids is 1. The Morgan fingerprint density at radius 1 is 1.03 bits per heavy atom. The Bertz CT molecular complexity index is 1190. The average Bonchev–Trinajstić information content (AvgIpc) is 2.72. The first kappa shape index (κ1) is 23.2. The van der Waals surface area contributed by atoms with Crippen molar-refractivity contribution in [3.63, 3.8) is 0 Å². The summed E-state index contributed by atoms with van der Waals surface area (Å²) < 4.78 is 33.2. The van der Waals surface area contributed by atoms with Crippen molar-refractivity contribution in [3.8, 4) is 5.75 Å². The molecule has 9 heteroatoms. The lowest BCUT2D eigenvalue weighted by Gasteiger charge is -2.11. The molecule has 3 aromatic rings. The van der Waals surface area contributed by atoms with Gasteiger partial charge in [-0.2, -0.15) is 0 Å². The van der Waals surface area contributed by atoms with Crippen LogP contribution in [-0.2, 0) is 14.8 Å². The Hall–Kier alpha value is -3.46. The predicted octanol–water partition coefficient (Wildman–Crippen LogP) is 4.04. The van der Waals surface area contributed by atoms with Crippen molar-refractivity contribution in [2.45, 2.75) is 38.5 Å². The van der Waals surface area contributed by atoms with Crippen molar-refractivity contribution in [3.05, 3.63) is 71.7 Å². The molecule has 0 aliphatic carbocycles. The molecule has 0 aliphatic rings. The topological polar surface area (TPSA) is 110 Å². The molecule has 0 atom stereocenters. The second kappa shape index (κ2) is 9.78. The van der Waals surface area contributed by atoms with E-state index in [2.05, 4.69) is 33.9 Å². The number of carbonyl (C=O) groups is 1. The van der Waals surface area contributed by atoms with Crippen molar-refractivity contribution in [2.75, 3.05) is 16.6 Å². The van der Waals surface area contributed by atoms with E-state index < -0.39 is 10.0 Å². The van der Waals surface area contributed by atoms with Crippen LogP contribution in [0.4, 0.5) is 11.5 Å². The van der Waals surface area contributed by atoms with E-state index in [0.29, 0.717) is 28.9 Å². The number of rotatable bonds is 8. The summed E-state index contributed by atoms with van der Waals surface area (Å²) in [5, 5.41) is 2.69. The first-order valence-corrected chi connectivity index (χ1v) is 11.6. The van der Waals surface area contributed by atoms with Gasteiger partial charge in [0.05, 0.1) is 4.90 Å². The normalized spacial score (nSPS) is 11.3. The molecular weight excluding hydrogens is 428 g/mol. The Labute approximate surface area is 188 Å². The number of nitrogens with one attached hydrogen (secondary N) is 2. The second-order valence-corrected chi connectivity index (χ2v) is 9.32. The number of hydrogen-bond donors (Lipinski definition) is 2. The van der Waals surface area contributed by atoms with Crippen LogP contribution in [0.1, 0.15) is 36.8 Å². The lowest BCUT2D eigenvalue weighted by atomic mass is 10.0. The van der Waals surface area contributed by atoms with Gasteiger partial charge in [-0.1, -0.05) is 26.0 Å². The summed E-state index contributed by atoms with van der Waals surface area (Å²) in [5.41, 5.74) is 2.24. The Morgan fingerprint density at radius 3 is 2.41 bits per heavy atom. The molecule has 32 heavy (non-hydrogen) atoms. The molecule has 0 unspecified atom stereocenters. The smallest absolute Gasteiger partial charge is 0.263 e. The van der Waals surface area contributed by atoms with Gasteiger partial charge < -0.3 is 10.1 Å². The summed E-state index contributed by atoms with van der Waals surface area (Å²) in [6.45, 7) is 7.46. The fourth-order valence-electron chi connectivity index (χ4n) is 2.99. The largest absolute Gasteiger partial charge is 0.484 e. The molecule has 168 valence electrons. The maximum atomic E-state index is 12.6. The molecule has 8 nitrogen and oxygen atoms in total. The molecule has 2 N–H and O–H groups in total. The Balaban J connectivity index is 1.60. The lowest BCUT2D eigenvalue weighted by molar-refractivity contribution is -0.118. The number of aromatic nitrogens is 2. The van der Waals surface area contributed by atoms with E-state index in [0.717, 1.165) is 5.56 Å². The van der Waals surface area contributed by atoms with Gasteiger partial charge in [0.1, 0.15) is 17.4 Å². The van der Waals surface area contributed by atoms with Gasteiger partial charge in [-0.3, -0.25) is 9.52 Å². The summed E-state index contributed by atoms with van der Waals surface area (Å²) in [6, 6.07) is 15.0. The van der Waals surface area contributed by atoms with E-state index in [9.17, 15) is 13.2 Å². The van der Waals surface area contributed by atoms with Crippen LogP contribution in [0.25, 0.3) is 0 Å². The highest BCUT2D eigenvalue weighted by Gasteiger charge is 2.16. The summed E-state index contributed by atoms with van der Waals surface area (Å²) in [7, 11) is -3.83. The molecule has 0 bridgehead atoms. The minimum Gasteiger partial charge on any atom is -0.484 e. The maximum Gasteiger partial charge on any atom is 0.263 e. The quantitative estimate of drug-likeness (QED) is 0.532. The standard InChI is InChI=1S/C23H26N4O4S/c1-15(2)18-6-5-7-20(13-18)31-14-23(28)26-19-8-10-21(11-9-19)32(29,30)27-22-12-16(3)24-17(4)25-22/h5-13,15H,14H2,1-4H3,(H,26,28)(H,24,25,27). The number of amides is 1. The van der Waals surface area contributed by atoms with Crippen LogP contribution in [-0.4, -0.2) is 30.9 Å². The van der Waals surface area contributed by atoms with Gasteiger partial charge in [0.25, 0.3) is 15.9 Å². The molecule has 2 aromatic carbocycles. The SMILES string of the molecule is Cc1cc(NS(=O)(=O)c2ccc(NC(=O)COc3cccc(C(C)C)c3)cc2)nc(C)n1. The van der Waals surface area contributed by atoms with Crippen LogP contribution >= 0.6 is 0 Å². The Kier molecular flexibility index (Phi) is 7.09. The first-order valence-electron chi connectivity index (χ1n) is 10.1. The number of aryl methyl sites for hydroxylation is 2. The maximum absolute atomic E-state index is 12.6. The third-order valence-electron chi connectivity index (χ3n) is 4.55. The molecule has 1 amide bonds. The van der Waals surface area contributed by atoms with Gasteiger partial charge >= 0.3 is 0 Å². The predicted molar refractivity (Wildman–Crippen MR) is 123 cm³/mol. The highest BCUT2D eigenvalue weighted by molar-refractivity contribution is 7.92. The average molecular weight is 455 g/mol. The molecular formula is C23H26N4O4S. The highest BCUT2D eigenvalue weighted by Crippen LogP contribution is 2.21. The molecule has 0 aliphatic heterocycles. The van der Waals surface area contributed by atoms with Gasteiger partial charge in [0.2, 0.25) is 0 Å². The molecule has 0 radical (unpaired) electrons. The van der Waals surface area contributed by atoms with Crippen LogP contribution in [0.2, 0.25) is 0 Å². The van der Waals surface area contributed by atoms with Gasteiger partial charge in [0.15, 0.2) is 6.61 Å². The van der Waals surface area contributed by atoms with E-state index in [4.69, 9.17) is 4.74 Å². The Morgan fingerprint density at radius 2 is 1.75 bits per heavy atom. The first-order chi connectivity index (χ1) is 15.1. The molecule has 0 saturated heterocycles. The number of benzene rings is 2. The summed E-state index contributed by atoms with van der Waals surface area (Å²) >= 11 is 0. The summed E-state index contributed by atoms with van der Waals surface area (Å²) in [4.78, 5) is 20.5. The fourth-order valence-corrected chi connectivity index (χ4v) is 3.98. The van der Waals surface area contributed by atoms with Gasteiger partial charge in [-0.15, -0.1) is 0 Å². The van der Waals surface area contributed by atoms with Gasteiger partial charge in [-0.05, 0) is 61.7 Å². The molecule has 0 fully saturated rings. The number of nitrogens with zero attached hydrogens (tertiary/aromatic N) is 2. The minimum absolute atomic E-state index is 0.0474. The van der Waals surface area contributed by atoms with Crippen LogP contribution in [0.3, 0.4) is 0 Å². The number of ether oxygens (including phenoxy) is 1. The lowest BCUT2D eigenvalue weighted by Crippen LogP contribution is -2.20. The minimum atomic E-state index is -3.83. The van der Waals surface area contributed by atoms with E-state index in [1.165, 1.54) is 24.3 Å². The number of sulfonamides is 1. The molecule has 0 saturated carbocycles. The van der Waals surface area contributed by atoms with Gasteiger partial charge in [0, 0.05) is 17.4 Å². The van der Waals surface area contributed by atoms with Crippen molar-refractivity contribution in [1.29, 1.82) is 0 Å². The van der Waals surface area contributed by atoms with Crippen molar-refractivity contribution >= 4 is 27.4 Å². The molecule has 3 rings (SSSR count). The van der Waals surface area contributed by atoms with E-state index in [-0.39, 0.29) is 23.2 Å². The molecule has 1 heterocycles. The zero-order valence-corrected chi connectivity index (χ0v) is 19.2. The summed E-state index contributed by atoms with van der Waals surface area (Å²) in [6.07, 6.45) is 0. The number of anilines is 2. The third kappa shape index (κ3) is 6.27. The highest BCUT2D eigenvalue weighted by atomic mass is 32.2. The number of hydrogen-bond acceptors (Lipinski definition) is 6. The van der Waals surface area contributed by atoms with Crippen LogP contribution in [0.5, 0.6) is 5.75 Å². The van der Waals surface area contributed by atoms with E-state index in [1.54, 1.807) is 26.0 Å². The van der Waals surface area contributed by atoms with Crippen molar-refractivity contribution in [1.82, 2.24) is 9.97 Å². The molecule has 1 aromatic heterocycles. The summed E-state index contributed by atoms with van der Waals surface area (Å²) in [5.74, 6) is 1.30. The zero-order valence-electron chi connectivity index (χ0n) is 18.4. The van der Waals surface area contributed by atoms with E-state index >= 15 is 0 Å². The monoisotopic (exact) mass is 454 g/mol. The van der Waals surface area contributed by atoms with E-state index in [1.807, 2.05) is 18.2 Å². The fraction of sp³-hybridized carbons (Fsp3) is 0.261. The zero-order chi connectivity index (χ0) is 23.3. The van der Waals surface area contributed by atoms with Crippen LogP contribution < -0.4 is 14.8 Å². The third-order valence-corrected chi connectivity index (χ3v) is 5.92. The molecule has 0 spiro atoms. The van der Waals surface area contributed by atoms with Gasteiger partial charge in [-0.25, -0.2) is 18.4 Å². The van der Waals surface area contributed by atoms with Crippen LogP contribution in [0.15, 0.2) is 59.5 Å². The van der Waals surface area contributed by atoms with Crippen LogP contribution in [0, 0.1) is 13.8 Å². The second-order valence-electron chi connectivity index (χ2n) is 7.64.